The van der Waals surface area contributed by atoms with Gasteiger partial charge in [-0.2, -0.15) is 11.8 Å². The highest BCUT2D eigenvalue weighted by molar-refractivity contribution is 7.99. The molecule has 1 aromatic carbocycles. The first-order chi connectivity index (χ1) is 8.47. The lowest BCUT2D eigenvalue weighted by molar-refractivity contribution is 0.127. The zero-order valence-electron chi connectivity index (χ0n) is 11.9. The normalized spacial score (nSPS) is 24.4. The molecule has 0 spiro atoms. The molecule has 2 rings (SSSR count). The van der Waals surface area contributed by atoms with Gasteiger partial charge in [-0.25, -0.2) is 0 Å². The number of hydrogen-bond donors (Lipinski definition) is 0. The fraction of sp³-hybridized carbons (Fsp3) is 0.600. The molecule has 1 aliphatic heterocycles. The lowest BCUT2D eigenvalue weighted by Gasteiger charge is -2.17. The van der Waals surface area contributed by atoms with Gasteiger partial charge in [0, 0.05) is 17.6 Å². The Hall–Kier alpha value is -0.253. The maximum atomic E-state index is 5.60. The Labute approximate surface area is 116 Å². The molecule has 1 aromatic rings. The molecule has 1 heterocycles. The van der Waals surface area contributed by atoms with Gasteiger partial charge < -0.3 is 4.74 Å². The van der Waals surface area contributed by atoms with Crippen LogP contribution in [0.4, 0.5) is 0 Å². The zero-order chi connectivity index (χ0) is 13.2. The second kappa shape index (κ2) is 5.80. The van der Waals surface area contributed by atoms with Gasteiger partial charge >= 0.3 is 0 Å². The molecule has 2 atom stereocenters. The van der Waals surface area contributed by atoms with Crippen molar-refractivity contribution in [1.82, 2.24) is 0 Å². The Morgan fingerprint density at radius 1 is 1.22 bits per heavy atom. The van der Waals surface area contributed by atoms with Crippen LogP contribution in [0.5, 0.6) is 0 Å². The Bertz CT molecular complexity index is 382. The van der Waals surface area contributed by atoms with Crippen molar-refractivity contribution >= 4 is 25.0 Å². The fourth-order valence-corrected chi connectivity index (χ4v) is 4.61. The van der Waals surface area contributed by atoms with E-state index in [0.717, 1.165) is 12.4 Å². The van der Waals surface area contributed by atoms with Gasteiger partial charge in [-0.15, -0.1) is 0 Å². The topological polar surface area (TPSA) is 9.23 Å². The second-order valence-corrected chi connectivity index (χ2v) is 12.5. The molecule has 0 aromatic heterocycles. The van der Waals surface area contributed by atoms with Gasteiger partial charge in [-0.1, -0.05) is 49.1 Å². The van der Waals surface area contributed by atoms with Crippen molar-refractivity contribution in [3.05, 3.63) is 29.8 Å². The van der Waals surface area contributed by atoms with E-state index in [2.05, 4.69) is 50.8 Å². The van der Waals surface area contributed by atoms with E-state index in [1.165, 1.54) is 12.0 Å². The van der Waals surface area contributed by atoms with Crippen LogP contribution >= 0.6 is 11.8 Å². The van der Waals surface area contributed by atoms with E-state index in [1.54, 1.807) is 5.19 Å². The van der Waals surface area contributed by atoms with Gasteiger partial charge in [-0.05, 0) is 18.9 Å². The Kier molecular flexibility index (Phi) is 4.57. The van der Waals surface area contributed by atoms with Crippen LogP contribution in [-0.2, 0) is 10.5 Å². The van der Waals surface area contributed by atoms with E-state index in [9.17, 15) is 0 Å². The van der Waals surface area contributed by atoms with Crippen molar-refractivity contribution in [2.45, 2.75) is 50.1 Å². The molecule has 18 heavy (non-hydrogen) atoms. The van der Waals surface area contributed by atoms with Crippen LogP contribution in [0.2, 0.25) is 19.6 Å². The first-order valence-electron chi connectivity index (χ1n) is 6.79. The molecule has 100 valence electrons. The zero-order valence-corrected chi connectivity index (χ0v) is 13.7. The van der Waals surface area contributed by atoms with Crippen molar-refractivity contribution in [3.63, 3.8) is 0 Å². The third-order valence-electron chi connectivity index (χ3n) is 3.59. The fourth-order valence-electron chi connectivity index (χ4n) is 2.24. The summed E-state index contributed by atoms with van der Waals surface area (Å²) < 4.78 is 5.60. The molecular weight excluding hydrogens is 256 g/mol. The van der Waals surface area contributed by atoms with Crippen molar-refractivity contribution in [1.29, 1.82) is 0 Å². The molecule has 1 nitrogen and oxygen atoms in total. The van der Waals surface area contributed by atoms with E-state index in [4.69, 9.17) is 4.74 Å². The summed E-state index contributed by atoms with van der Waals surface area (Å²) in [6.45, 7) is 10.3. The number of benzene rings is 1. The maximum Gasteiger partial charge on any atom is 0.0775 e. The van der Waals surface area contributed by atoms with Gasteiger partial charge in [-0.3, -0.25) is 0 Å². The molecule has 0 N–H and O–H groups in total. The molecule has 0 saturated carbocycles. The molecule has 1 aliphatic rings. The Balaban J connectivity index is 1.90. The standard InChI is InChI=1S/C15H24OSSi/c1-12-15(9-10-16-12)17-11-13-5-7-14(8-6-13)18(2,3)4/h5-8,12,15H,9-11H2,1-4H3. The summed E-state index contributed by atoms with van der Waals surface area (Å²) in [6, 6.07) is 9.27. The van der Waals surface area contributed by atoms with Crippen molar-refractivity contribution in [2.75, 3.05) is 6.61 Å². The van der Waals surface area contributed by atoms with Gasteiger partial charge in [0.1, 0.15) is 0 Å². The molecule has 0 bridgehead atoms. The predicted octanol–water partition coefficient (Wildman–Crippen LogP) is 3.64. The lowest BCUT2D eigenvalue weighted by Crippen LogP contribution is -2.37. The highest BCUT2D eigenvalue weighted by Gasteiger charge is 2.24. The van der Waals surface area contributed by atoms with Gasteiger partial charge in [0.2, 0.25) is 0 Å². The Morgan fingerprint density at radius 3 is 2.39 bits per heavy atom. The maximum absolute atomic E-state index is 5.60. The van der Waals surface area contributed by atoms with E-state index >= 15 is 0 Å². The van der Waals surface area contributed by atoms with Crippen LogP contribution in [-0.4, -0.2) is 26.0 Å². The molecule has 3 heteroatoms. The van der Waals surface area contributed by atoms with Crippen molar-refractivity contribution < 1.29 is 4.74 Å². The summed E-state index contributed by atoms with van der Waals surface area (Å²) in [6.07, 6.45) is 1.63. The largest absolute Gasteiger partial charge is 0.377 e. The first kappa shape index (κ1) is 14.2. The average molecular weight is 281 g/mol. The smallest absolute Gasteiger partial charge is 0.0775 e. The third kappa shape index (κ3) is 3.62. The van der Waals surface area contributed by atoms with Gasteiger partial charge in [0.15, 0.2) is 0 Å². The van der Waals surface area contributed by atoms with Crippen LogP contribution in [0.3, 0.4) is 0 Å². The summed E-state index contributed by atoms with van der Waals surface area (Å²) in [5.74, 6) is 1.12. The number of ether oxygens (including phenoxy) is 1. The summed E-state index contributed by atoms with van der Waals surface area (Å²) in [5.41, 5.74) is 1.45. The summed E-state index contributed by atoms with van der Waals surface area (Å²) in [4.78, 5) is 0. The molecule has 0 amide bonds. The van der Waals surface area contributed by atoms with Gasteiger partial charge in [0.25, 0.3) is 0 Å². The molecular formula is C15H24OSSi. The summed E-state index contributed by atoms with van der Waals surface area (Å²) >= 11 is 2.04. The van der Waals surface area contributed by atoms with Crippen LogP contribution in [0.1, 0.15) is 18.9 Å². The van der Waals surface area contributed by atoms with Crippen LogP contribution in [0.15, 0.2) is 24.3 Å². The SMILES string of the molecule is CC1OCCC1SCc1ccc([Si](C)(C)C)cc1. The Morgan fingerprint density at radius 2 is 1.89 bits per heavy atom. The van der Waals surface area contributed by atoms with Crippen molar-refractivity contribution in [3.8, 4) is 0 Å². The van der Waals surface area contributed by atoms with E-state index < -0.39 is 8.07 Å². The minimum atomic E-state index is -1.14. The molecule has 0 radical (unpaired) electrons. The van der Waals surface area contributed by atoms with Gasteiger partial charge in [0.05, 0.1) is 14.2 Å². The van der Waals surface area contributed by atoms with E-state index in [-0.39, 0.29) is 0 Å². The number of thioether (sulfide) groups is 1. The number of hydrogen-bond acceptors (Lipinski definition) is 2. The second-order valence-electron chi connectivity index (χ2n) is 6.16. The molecule has 2 unspecified atom stereocenters. The molecule has 0 aliphatic carbocycles. The summed E-state index contributed by atoms with van der Waals surface area (Å²) in [5, 5.41) is 2.23. The molecule has 1 fully saturated rings. The van der Waals surface area contributed by atoms with Crippen LogP contribution < -0.4 is 5.19 Å². The lowest BCUT2D eigenvalue weighted by atomic mass is 10.2. The molecule has 1 saturated heterocycles. The minimum Gasteiger partial charge on any atom is -0.377 e. The summed E-state index contributed by atoms with van der Waals surface area (Å²) in [7, 11) is -1.14. The quantitative estimate of drug-likeness (QED) is 0.779. The average Bonchev–Trinajstić information content (AvgIpc) is 2.72. The van der Waals surface area contributed by atoms with E-state index in [0.29, 0.717) is 11.4 Å². The van der Waals surface area contributed by atoms with Crippen LogP contribution in [0, 0.1) is 0 Å². The highest BCUT2D eigenvalue weighted by atomic mass is 32.2. The third-order valence-corrected chi connectivity index (χ3v) is 7.20. The van der Waals surface area contributed by atoms with E-state index in [1.807, 2.05) is 11.8 Å². The van der Waals surface area contributed by atoms with Crippen LogP contribution in [0.25, 0.3) is 0 Å². The van der Waals surface area contributed by atoms with Crippen molar-refractivity contribution in [2.24, 2.45) is 0 Å². The predicted molar refractivity (Wildman–Crippen MR) is 84.5 cm³/mol. The highest BCUT2D eigenvalue weighted by Crippen LogP contribution is 2.28. The first-order valence-corrected chi connectivity index (χ1v) is 11.3. The number of rotatable bonds is 4. The monoisotopic (exact) mass is 280 g/mol. The minimum absolute atomic E-state index is 0.427.